The van der Waals surface area contributed by atoms with Crippen LogP contribution in [0.5, 0.6) is 0 Å². The van der Waals surface area contributed by atoms with Crippen LogP contribution in [0.2, 0.25) is 0 Å². The van der Waals surface area contributed by atoms with Gasteiger partial charge in [0.25, 0.3) is 0 Å². The van der Waals surface area contributed by atoms with Gasteiger partial charge in [-0.2, -0.15) is 0 Å². The first-order chi connectivity index (χ1) is 27.7. The smallest absolute Gasteiger partial charge is 0.164 e. The zero-order valence-corrected chi connectivity index (χ0v) is 30.4. The van der Waals surface area contributed by atoms with Crippen LogP contribution in [0.1, 0.15) is 0 Å². The van der Waals surface area contributed by atoms with E-state index in [0.29, 0.717) is 17.5 Å². The molecule has 0 spiro atoms. The molecule has 2 heterocycles. The first-order valence-corrected chi connectivity index (χ1v) is 18.8. The quantitative estimate of drug-likeness (QED) is 0.154. The summed E-state index contributed by atoms with van der Waals surface area (Å²) in [5.74, 6) is 1.94. The maximum atomic E-state index is 5.19. The Hall–Kier alpha value is -7.56. The molecule has 0 aliphatic rings. The van der Waals surface area contributed by atoms with Crippen molar-refractivity contribution in [3.8, 4) is 78.8 Å². The molecule has 4 nitrogen and oxygen atoms in total. The SMILES string of the molecule is c1ccc(-c2cc(-c3ccccc3)c3c(ccc4c(-c5ccc(-c6cccc(-c7nc(-c8ccccc8)nc(-c8ccccc8)n7)c6)cc5)cccc43)n2)cc1. The largest absolute Gasteiger partial charge is 0.248 e. The second kappa shape index (κ2) is 14.3. The van der Waals surface area contributed by atoms with Crippen molar-refractivity contribution in [2.24, 2.45) is 0 Å². The van der Waals surface area contributed by atoms with Crippen molar-refractivity contribution >= 4 is 21.7 Å². The van der Waals surface area contributed by atoms with E-state index in [1.54, 1.807) is 0 Å². The van der Waals surface area contributed by atoms with E-state index in [1.165, 1.54) is 27.5 Å². The number of benzene rings is 8. The second-order valence-corrected chi connectivity index (χ2v) is 13.8. The Balaban J connectivity index is 1.03. The van der Waals surface area contributed by atoms with E-state index < -0.39 is 0 Å². The van der Waals surface area contributed by atoms with Crippen LogP contribution in [0, 0.1) is 0 Å². The van der Waals surface area contributed by atoms with Gasteiger partial charge in [-0.25, -0.2) is 19.9 Å². The van der Waals surface area contributed by atoms with Gasteiger partial charge in [0.05, 0.1) is 11.2 Å². The van der Waals surface area contributed by atoms with Gasteiger partial charge in [-0.05, 0) is 62.4 Å². The maximum absolute atomic E-state index is 5.19. The summed E-state index contributed by atoms with van der Waals surface area (Å²) in [6.45, 7) is 0. The zero-order chi connectivity index (χ0) is 37.3. The number of hydrogen-bond donors (Lipinski definition) is 0. The molecule has 0 fully saturated rings. The molecule has 0 amide bonds. The summed E-state index contributed by atoms with van der Waals surface area (Å²) < 4.78 is 0. The van der Waals surface area contributed by atoms with Gasteiger partial charge in [0.1, 0.15) is 0 Å². The van der Waals surface area contributed by atoms with Crippen LogP contribution < -0.4 is 0 Å². The average molecular weight is 715 g/mol. The summed E-state index contributed by atoms with van der Waals surface area (Å²) in [4.78, 5) is 20.0. The number of fused-ring (bicyclic) bond motifs is 3. The van der Waals surface area contributed by atoms with Crippen LogP contribution in [-0.2, 0) is 0 Å². The minimum absolute atomic E-state index is 0.638. The van der Waals surface area contributed by atoms with Crippen molar-refractivity contribution in [3.63, 3.8) is 0 Å². The van der Waals surface area contributed by atoms with Crippen molar-refractivity contribution in [1.82, 2.24) is 19.9 Å². The van der Waals surface area contributed by atoms with E-state index in [1.807, 2.05) is 66.7 Å². The Morgan fingerprint density at radius 3 is 1.36 bits per heavy atom. The molecule has 56 heavy (non-hydrogen) atoms. The van der Waals surface area contributed by atoms with Crippen LogP contribution in [0.15, 0.2) is 206 Å². The van der Waals surface area contributed by atoms with Crippen molar-refractivity contribution < 1.29 is 0 Å². The first-order valence-electron chi connectivity index (χ1n) is 18.8. The van der Waals surface area contributed by atoms with Crippen LogP contribution in [0.3, 0.4) is 0 Å². The summed E-state index contributed by atoms with van der Waals surface area (Å²) in [7, 11) is 0. The minimum Gasteiger partial charge on any atom is -0.248 e. The third-order valence-corrected chi connectivity index (χ3v) is 10.3. The molecule has 0 saturated carbocycles. The van der Waals surface area contributed by atoms with E-state index in [4.69, 9.17) is 19.9 Å². The van der Waals surface area contributed by atoms with E-state index >= 15 is 0 Å². The molecule has 0 saturated heterocycles. The fourth-order valence-electron chi connectivity index (χ4n) is 7.57. The monoisotopic (exact) mass is 714 g/mol. The summed E-state index contributed by atoms with van der Waals surface area (Å²) >= 11 is 0. The van der Waals surface area contributed by atoms with E-state index in [2.05, 4.69) is 140 Å². The lowest BCUT2D eigenvalue weighted by Gasteiger charge is -2.15. The van der Waals surface area contributed by atoms with Crippen LogP contribution >= 0.6 is 0 Å². The molecule has 0 unspecified atom stereocenters. The van der Waals surface area contributed by atoms with Crippen LogP contribution in [-0.4, -0.2) is 19.9 Å². The van der Waals surface area contributed by atoms with Crippen molar-refractivity contribution in [3.05, 3.63) is 206 Å². The molecule has 10 aromatic rings. The Kier molecular flexibility index (Phi) is 8.47. The molecule has 0 bridgehead atoms. The highest BCUT2D eigenvalue weighted by atomic mass is 15.0. The lowest BCUT2D eigenvalue weighted by atomic mass is 9.91. The van der Waals surface area contributed by atoms with Crippen molar-refractivity contribution in [2.45, 2.75) is 0 Å². The molecular weight excluding hydrogens is 681 g/mol. The molecule has 0 aliphatic heterocycles. The van der Waals surface area contributed by atoms with Crippen LogP contribution in [0.4, 0.5) is 0 Å². The summed E-state index contributed by atoms with van der Waals surface area (Å²) in [5.41, 5.74) is 12.8. The number of hydrogen-bond acceptors (Lipinski definition) is 4. The lowest BCUT2D eigenvalue weighted by molar-refractivity contribution is 1.07. The second-order valence-electron chi connectivity index (χ2n) is 13.8. The van der Waals surface area contributed by atoms with Crippen molar-refractivity contribution in [1.29, 1.82) is 0 Å². The van der Waals surface area contributed by atoms with Gasteiger partial charge in [0.15, 0.2) is 17.5 Å². The van der Waals surface area contributed by atoms with E-state index in [0.717, 1.165) is 55.5 Å². The fraction of sp³-hybridized carbons (Fsp3) is 0. The minimum atomic E-state index is 0.638. The highest BCUT2D eigenvalue weighted by molar-refractivity contribution is 6.17. The third kappa shape index (κ3) is 6.29. The molecule has 10 rings (SSSR count). The molecule has 4 heteroatoms. The Morgan fingerprint density at radius 1 is 0.250 bits per heavy atom. The van der Waals surface area contributed by atoms with E-state index in [-0.39, 0.29) is 0 Å². The predicted octanol–water partition coefficient (Wildman–Crippen LogP) is 13.2. The molecule has 0 N–H and O–H groups in total. The number of pyridine rings is 1. The number of rotatable bonds is 7. The molecule has 2 aromatic heterocycles. The average Bonchev–Trinajstić information content (AvgIpc) is 3.29. The van der Waals surface area contributed by atoms with E-state index in [9.17, 15) is 0 Å². The Morgan fingerprint density at radius 2 is 0.732 bits per heavy atom. The van der Waals surface area contributed by atoms with Gasteiger partial charge >= 0.3 is 0 Å². The summed E-state index contributed by atoms with van der Waals surface area (Å²) in [6.07, 6.45) is 0. The summed E-state index contributed by atoms with van der Waals surface area (Å²) in [6, 6.07) is 71.8. The van der Waals surface area contributed by atoms with Gasteiger partial charge in [0.2, 0.25) is 0 Å². The topological polar surface area (TPSA) is 51.6 Å². The predicted molar refractivity (Wildman–Crippen MR) is 231 cm³/mol. The molecule has 0 atom stereocenters. The van der Waals surface area contributed by atoms with Gasteiger partial charge in [-0.1, -0.05) is 188 Å². The Labute approximate surface area is 325 Å². The molecule has 0 radical (unpaired) electrons. The lowest BCUT2D eigenvalue weighted by Crippen LogP contribution is -2.00. The highest BCUT2D eigenvalue weighted by Crippen LogP contribution is 2.40. The maximum Gasteiger partial charge on any atom is 0.164 e. The van der Waals surface area contributed by atoms with Gasteiger partial charge in [0, 0.05) is 27.6 Å². The standard InChI is InChI=1S/C52H34N4/c1-5-15-36(16-6-1)46-34-48(38-17-7-2-8-18-38)53-47-32-31-44-43(25-14-26-45(44)49(46)47)37-29-27-35(28-30-37)41-23-13-24-42(33-41)52-55-50(39-19-9-3-10-20-39)54-51(56-52)40-21-11-4-12-22-40/h1-34H. The normalized spacial score (nSPS) is 11.2. The molecule has 262 valence electrons. The summed E-state index contributed by atoms with van der Waals surface area (Å²) in [5, 5.41) is 3.54. The zero-order valence-electron chi connectivity index (χ0n) is 30.4. The highest BCUT2D eigenvalue weighted by Gasteiger charge is 2.16. The number of nitrogens with zero attached hydrogens (tertiary/aromatic N) is 4. The third-order valence-electron chi connectivity index (χ3n) is 10.3. The number of aromatic nitrogens is 4. The fourth-order valence-corrected chi connectivity index (χ4v) is 7.57. The molecule has 8 aromatic carbocycles. The Bertz CT molecular complexity index is 2930. The van der Waals surface area contributed by atoms with Gasteiger partial charge < -0.3 is 0 Å². The molecule has 0 aliphatic carbocycles. The van der Waals surface area contributed by atoms with Crippen molar-refractivity contribution in [2.75, 3.05) is 0 Å². The molecular formula is C52H34N4. The first kappa shape index (κ1) is 33.0. The van der Waals surface area contributed by atoms with Crippen LogP contribution in [0.25, 0.3) is 100 Å². The van der Waals surface area contributed by atoms with Gasteiger partial charge in [-0.3, -0.25) is 0 Å². The van der Waals surface area contributed by atoms with Gasteiger partial charge in [-0.15, -0.1) is 0 Å².